The minimum Gasteiger partial charge on any atom is -0.378 e. The van der Waals surface area contributed by atoms with Gasteiger partial charge in [0.15, 0.2) is 0 Å². The van der Waals surface area contributed by atoms with Crippen LogP contribution >= 0.6 is 22.6 Å². The third kappa shape index (κ3) is 4.20. The highest BCUT2D eigenvalue weighted by Crippen LogP contribution is 2.18. The summed E-state index contributed by atoms with van der Waals surface area (Å²) < 4.78 is 6.44. The van der Waals surface area contributed by atoms with Crippen LogP contribution in [0.1, 0.15) is 15.9 Å². The van der Waals surface area contributed by atoms with Gasteiger partial charge in [-0.15, -0.1) is 0 Å². The number of hydrogen-bond acceptors (Lipinski definition) is 4. The van der Waals surface area contributed by atoms with Crippen LogP contribution in [0.3, 0.4) is 0 Å². The van der Waals surface area contributed by atoms with Crippen LogP contribution in [0.15, 0.2) is 42.6 Å². The van der Waals surface area contributed by atoms with Crippen LogP contribution in [0.5, 0.6) is 0 Å². The van der Waals surface area contributed by atoms with Crippen molar-refractivity contribution in [3.63, 3.8) is 0 Å². The van der Waals surface area contributed by atoms with Crippen molar-refractivity contribution in [2.45, 2.75) is 6.54 Å². The Morgan fingerprint density at radius 1 is 1.26 bits per heavy atom. The molecule has 1 saturated heterocycles. The molecular formula is C17H18IN3O2. The normalized spacial score (nSPS) is 14.6. The number of benzene rings is 1. The van der Waals surface area contributed by atoms with Crippen molar-refractivity contribution in [1.82, 2.24) is 10.3 Å². The largest absolute Gasteiger partial charge is 0.378 e. The maximum absolute atomic E-state index is 12.3. The van der Waals surface area contributed by atoms with Crippen molar-refractivity contribution in [2.75, 3.05) is 31.2 Å². The zero-order chi connectivity index (χ0) is 16.1. The molecule has 0 atom stereocenters. The molecule has 5 nitrogen and oxygen atoms in total. The molecule has 1 amide bonds. The van der Waals surface area contributed by atoms with E-state index in [1.54, 1.807) is 6.20 Å². The lowest BCUT2D eigenvalue weighted by Crippen LogP contribution is -2.37. The topological polar surface area (TPSA) is 54.5 Å². The van der Waals surface area contributed by atoms with Gasteiger partial charge >= 0.3 is 0 Å². The average Bonchev–Trinajstić information content (AvgIpc) is 2.60. The molecule has 0 bridgehead atoms. The van der Waals surface area contributed by atoms with Gasteiger partial charge in [-0.05, 0) is 46.9 Å². The van der Waals surface area contributed by atoms with Gasteiger partial charge in [-0.1, -0.05) is 12.1 Å². The molecule has 0 unspecified atom stereocenters. The van der Waals surface area contributed by atoms with E-state index in [2.05, 4.69) is 37.8 Å². The first-order chi connectivity index (χ1) is 11.2. The van der Waals surface area contributed by atoms with Crippen molar-refractivity contribution in [1.29, 1.82) is 0 Å². The molecule has 1 N–H and O–H groups in total. The van der Waals surface area contributed by atoms with Crippen molar-refractivity contribution in [2.24, 2.45) is 0 Å². The van der Waals surface area contributed by atoms with Gasteiger partial charge in [-0.25, -0.2) is 4.98 Å². The van der Waals surface area contributed by atoms with E-state index in [4.69, 9.17) is 4.74 Å². The number of rotatable bonds is 4. The van der Waals surface area contributed by atoms with E-state index in [0.717, 1.165) is 28.0 Å². The molecule has 0 saturated carbocycles. The highest BCUT2D eigenvalue weighted by Gasteiger charge is 2.16. The summed E-state index contributed by atoms with van der Waals surface area (Å²) in [5.41, 5.74) is 1.70. The van der Waals surface area contributed by atoms with Crippen LogP contribution in [-0.2, 0) is 11.3 Å². The summed E-state index contributed by atoms with van der Waals surface area (Å²) in [7, 11) is 0. The fourth-order valence-corrected chi connectivity index (χ4v) is 3.08. The molecule has 1 aromatic carbocycles. The minimum absolute atomic E-state index is 0.0692. The van der Waals surface area contributed by atoms with Crippen LogP contribution in [0.4, 0.5) is 5.82 Å². The molecule has 1 aliphatic heterocycles. The first-order valence-electron chi connectivity index (χ1n) is 7.54. The van der Waals surface area contributed by atoms with E-state index in [9.17, 15) is 4.79 Å². The van der Waals surface area contributed by atoms with Crippen LogP contribution in [0.2, 0.25) is 0 Å². The number of hydrogen-bond donors (Lipinski definition) is 1. The molecule has 1 aromatic heterocycles. The van der Waals surface area contributed by atoms with Crippen LogP contribution in [-0.4, -0.2) is 37.2 Å². The number of ether oxygens (including phenoxy) is 1. The summed E-state index contributed by atoms with van der Waals surface area (Å²) in [5, 5.41) is 2.98. The summed E-state index contributed by atoms with van der Waals surface area (Å²) in [4.78, 5) is 19.0. The molecular weight excluding hydrogens is 405 g/mol. The highest BCUT2D eigenvalue weighted by molar-refractivity contribution is 14.1. The Bertz CT molecular complexity index is 687. The molecule has 1 aliphatic rings. The van der Waals surface area contributed by atoms with Gasteiger partial charge in [0, 0.05) is 40.5 Å². The zero-order valence-electron chi connectivity index (χ0n) is 12.7. The van der Waals surface area contributed by atoms with E-state index >= 15 is 0 Å². The average molecular weight is 423 g/mol. The van der Waals surface area contributed by atoms with E-state index in [1.807, 2.05) is 36.4 Å². The van der Waals surface area contributed by atoms with Gasteiger partial charge in [0.05, 0.1) is 13.2 Å². The quantitative estimate of drug-likeness (QED) is 0.768. The predicted molar refractivity (Wildman–Crippen MR) is 97.6 cm³/mol. The Kier molecular flexibility index (Phi) is 5.45. The standard InChI is InChI=1S/C17H18IN3O2/c18-15-5-1-3-13(11-15)17(22)20-12-14-4-2-6-19-16(14)21-7-9-23-10-8-21/h1-6,11H,7-10,12H2,(H,20,22). The summed E-state index contributed by atoms with van der Waals surface area (Å²) in [6.45, 7) is 3.55. The van der Waals surface area contributed by atoms with Gasteiger partial charge in [0.1, 0.15) is 5.82 Å². The number of pyridine rings is 1. The molecule has 0 radical (unpaired) electrons. The fourth-order valence-electron chi connectivity index (χ4n) is 2.54. The Balaban J connectivity index is 1.69. The second-order valence-corrected chi connectivity index (χ2v) is 6.52. The third-order valence-corrected chi connectivity index (χ3v) is 4.38. The fraction of sp³-hybridized carbons (Fsp3) is 0.294. The summed E-state index contributed by atoms with van der Waals surface area (Å²) in [6.07, 6.45) is 1.79. The SMILES string of the molecule is O=C(NCc1cccnc1N1CCOCC1)c1cccc(I)c1. The Labute approximate surface area is 149 Å². The number of anilines is 1. The molecule has 120 valence electrons. The molecule has 1 fully saturated rings. The van der Waals surface area contributed by atoms with Gasteiger partial charge in [-0.3, -0.25) is 4.79 Å². The number of nitrogens with zero attached hydrogens (tertiary/aromatic N) is 2. The number of amides is 1. The van der Waals surface area contributed by atoms with Gasteiger partial charge < -0.3 is 15.0 Å². The number of morpholine rings is 1. The van der Waals surface area contributed by atoms with E-state index in [1.165, 1.54) is 0 Å². The first kappa shape index (κ1) is 16.2. The molecule has 6 heteroatoms. The number of halogens is 1. The van der Waals surface area contributed by atoms with Gasteiger partial charge in [0.2, 0.25) is 0 Å². The van der Waals surface area contributed by atoms with Crippen LogP contribution < -0.4 is 10.2 Å². The van der Waals surface area contributed by atoms with Crippen molar-refractivity contribution in [3.05, 3.63) is 57.3 Å². The first-order valence-corrected chi connectivity index (χ1v) is 8.62. The monoisotopic (exact) mass is 423 g/mol. The molecule has 23 heavy (non-hydrogen) atoms. The van der Waals surface area contributed by atoms with E-state index < -0.39 is 0 Å². The third-order valence-electron chi connectivity index (χ3n) is 3.70. The second kappa shape index (κ2) is 7.74. The van der Waals surface area contributed by atoms with Crippen LogP contribution in [0.25, 0.3) is 0 Å². The lowest BCUT2D eigenvalue weighted by molar-refractivity contribution is 0.0950. The van der Waals surface area contributed by atoms with Gasteiger partial charge in [0.25, 0.3) is 5.91 Å². The van der Waals surface area contributed by atoms with E-state index in [0.29, 0.717) is 25.3 Å². The number of carbonyl (C=O) groups is 1. The summed E-state index contributed by atoms with van der Waals surface area (Å²) in [6, 6.07) is 11.5. The lowest BCUT2D eigenvalue weighted by Gasteiger charge is -2.29. The highest BCUT2D eigenvalue weighted by atomic mass is 127. The Morgan fingerprint density at radius 2 is 2.09 bits per heavy atom. The number of aromatic nitrogens is 1. The number of carbonyl (C=O) groups excluding carboxylic acids is 1. The van der Waals surface area contributed by atoms with Crippen molar-refractivity contribution < 1.29 is 9.53 Å². The predicted octanol–water partition coefficient (Wildman–Crippen LogP) is 2.45. The van der Waals surface area contributed by atoms with E-state index in [-0.39, 0.29) is 5.91 Å². The lowest BCUT2D eigenvalue weighted by atomic mass is 10.2. The van der Waals surface area contributed by atoms with Crippen molar-refractivity contribution >= 4 is 34.3 Å². The summed E-state index contributed by atoms with van der Waals surface area (Å²) >= 11 is 2.20. The minimum atomic E-state index is -0.0692. The Hall–Kier alpha value is -1.67. The molecule has 3 rings (SSSR count). The maximum Gasteiger partial charge on any atom is 0.251 e. The zero-order valence-corrected chi connectivity index (χ0v) is 14.8. The Morgan fingerprint density at radius 3 is 2.87 bits per heavy atom. The smallest absolute Gasteiger partial charge is 0.251 e. The molecule has 2 heterocycles. The maximum atomic E-state index is 12.3. The van der Waals surface area contributed by atoms with Crippen LogP contribution in [0, 0.1) is 3.57 Å². The molecule has 0 spiro atoms. The van der Waals surface area contributed by atoms with Crippen molar-refractivity contribution in [3.8, 4) is 0 Å². The molecule has 2 aromatic rings. The number of nitrogens with one attached hydrogen (secondary N) is 1. The summed E-state index contributed by atoms with van der Waals surface area (Å²) in [5.74, 6) is 0.860. The second-order valence-electron chi connectivity index (χ2n) is 5.28. The molecule has 0 aliphatic carbocycles. The van der Waals surface area contributed by atoms with Gasteiger partial charge in [-0.2, -0.15) is 0 Å².